The molecule has 0 spiro atoms. The van der Waals surface area contributed by atoms with Crippen molar-refractivity contribution in [1.82, 2.24) is 0 Å². The third-order valence-electron chi connectivity index (χ3n) is 1.92. The van der Waals surface area contributed by atoms with Gasteiger partial charge in [-0.25, -0.2) is 0 Å². The second-order valence-electron chi connectivity index (χ2n) is 4.04. The molecule has 0 aromatic heterocycles. The summed E-state index contributed by atoms with van der Waals surface area (Å²) in [5, 5.41) is 8.60. The van der Waals surface area contributed by atoms with E-state index in [4.69, 9.17) is 9.84 Å². The molecule has 0 aliphatic heterocycles. The number of para-hydroxylation sites is 1. The first kappa shape index (κ1) is 12.9. The van der Waals surface area contributed by atoms with Crippen LogP contribution in [0.4, 0.5) is 0 Å². The minimum atomic E-state index is -0.794. The summed E-state index contributed by atoms with van der Waals surface area (Å²) < 4.78 is 5.39. The number of ether oxygens (including phenoxy) is 1. The van der Waals surface area contributed by atoms with Crippen molar-refractivity contribution in [3.8, 4) is 5.75 Å². The van der Waals surface area contributed by atoms with Crippen molar-refractivity contribution >= 4 is 17.7 Å². The third kappa shape index (κ3) is 5.07. The molecule has 1 aromatic carbocycles. The molecule has 1 aromatic rings. The Hall–Kier alpha value is -1.16. The van der Waals surface area contributed by atoms with E-state index >= 15 is 0 Å². The SMILES string of the molecule is CC(C)(COc1ccccc1)SCC(=O)O. The molecule has 0 radical (unpaired) electrons. The highest BCUT2D eigenvalue weighted by atomic mass is 32.2. The van der Waals surface area contributed by atoms with Gasteiger partial charge in [0.2, 0.25) is 0 Å². The Morgan fingerprint density at radius 2 is 2.00 bits per heavy atom. The average Bonchev–Trinajstić information content (AvgIpc) is 2.26. The van der Waals surface area contributed by atoms with Crippen LogP contribution >= 0.6 is 11.8 Å². The van der Waals surface area contributed by atoms with Gasteiger partial charge in [-0.05, 0) is 26.0 Å². The number of carboxylic acids is 1. The molecule has 0 saturated carbocycles. The Labute approximate surface area is 99.8 Å². The van der Waals surface area contributed by atoms with Crippen molar-refractivity contribution < 1.29 is 14.6 Å². The highest BCUT2D eigenvalue weighted by Crippen LogP contribution is 2.25. The van der Waals surface area contributed by atoms with Crippen LogP contribution in [-0.4, -0.2) is 28.2 Å². The maximum atomic E-state index is 10.5. The molecule has 3 nitrogen and oxygen atoms in total. The van der Waals surface area contributed by atoms with Crippen molar-refractivity contribution in [3.05, 3.63) is 30.3 Å². The maximum Gasteiger partial charge on any atom is 0.313 e. The molecule has 0 fully saturated rings. The van der Waals surface area contributed by atoms with E-state index in [1.807, 2.05) is 44.2 Å². The van der Waals surface area contributed by atoms with Gasteiger partial charge in [-0.1, -0.05) is 18.2 Å². The summed E-state index contributed by atoms with van der Waals surface area (Å²) >= 11 is 1.38. The number of hydrogen-bond acceptors (Lipinski definition) is 3. The smallest absolute Gasteiger partial charge is 0.313 e. The zero-order valence-electron chi connectivity index (χ0n) is 9.47. The first-order chi connectivity index (χ1) is 7.49. The zero-order valence-corrected chi connectivity index (χ0v) is 10.3. The predicted octanol–water partition coefficient (Wildman–Crippen LogP) is 2.66. The summed E-state index contributed by atoms with van der Waals surface area (Å²) in [6.07, 6.45) is 0. The molecule has 0 unspecified atom stereocenters. The molecule has 0 aliphatic carbocycles. The summed E-state index contributed by atoms with van der Waals surface area (Å²) in [5.74, 6) is 0.120. The molecule has 0 amide bonds. The van der Waals surface area contributed by atoms with Crippen molar-refractivity contribution in [2.45, 2.75) is 18.6 Å². The van der Waals surface area contributed by atoms with Gasteiger partial charge in [0.25, 0.3) is 0 Å². The highest BCUT2D eigenvalue weighted by Gasteiger charge is 2.20. The van der Waals surface area contributed by atoms with Gasteiger partial charge in [-0.2, -0.15) is 0 Å². The van der Waals surface area contributed by atoms with Gasteiger partial charge in [0, 0.05) is 4.75 Å². The lowest BCUT2D eigenvalue weighted by molar-refractivity contribution is -0.133. The molecule has 0 bridgehead atoms. The quantitative estimate of drug-likeness (QED) is 0.830. The van der Waals surface area contributed by atoms with Gasteiger partial charge in [0.1, 0.15) is 12.4 Å². The van der Waals surface area contributed by atoms with Crippen LogP contribution < -0.4 is 4.74 Å². The van der Waals surface area contributed by atoms with E-state index < -0.39 is 5.97 Å². The Kier molecular flexibility index (Phi) is 4.68. The number of carbonyl (C=O) groups is 1. The lowest BCUT2D eigenvalue weighted by Gasteiger charge is -2.23. The highest BCUT2D eigenvalue weighted by molar-refractivity contribution is 8.01. The number of hydrogen-bond donors (Lipinski definition) is 1. The first-order valence-electron chi connectivity index (χ1n) is 5.03. The van der Waals surface area contributed by atoms with Gasteiger partial charge < -0.3 is 9.84 Å². The molecule has 16 heavy (non-hydrogen) atoms. The molecule has 1 rings (SSSR count). The topological polar surface area (TPSA) is 46.5 Å². The minimum Gasteiger partial charge on any atom is -0.492 e. The summed E-state index contributed by atoms with van der Waals surface area (Å²) in [7, 11) is 0. The van der Waals surface area contributed by atoms with Crippen LogP contribution in [-0.2, 0) is 4.79 Å². The monoisotopic (exact) mass is 240 g/mol. The fourth-order valence-electron chi connectivity index (χ4n) is 1.07. The fraction of sp³-hybridized carbons (Fsp3) is 0.417. The Balaban J connectivity index is 2.38. The lowest BCUT2D eigenvalue weighted by atomic mass is 10.2. The van der Waals surface area contributed by atoms with E-state index in [-0.39, 0.29) is 10.5 Å². The third-order valence-corrected chi connectivity index (χ3v) is 3.21. The molecule has 4 heteroatoms. The molecular weight excluding hydrogens is 224 g/mol. The standard InChI is InChI=1S/C12H16O3S/c1-12(2,16-8-11(13)14)9-15-10-6-4-3-5-7-10/h3-7H,8-9H2,1-2H3,(H,13,14). The molecule has 88 valence electrons. The predicted molar refractivity (Wildman–Crippen MR) is 66.1 cm³/mol. The maximum absolute atomic E-state index is 10.5. The number of carboxylic acid groups (broad SMARTS) is 1. The summed E-state index contributed by atoms with van der Waals surface area (Å²) in [5.41, 5.74) is 0. The van der Waals surface area contributed by atoms with E-state index in [0.717, 1.165) is 5.75 Å². The van der Waals surface area contributed by atoms with E-state index in [0.29, 0.717) is 6.61 Å². The number of aliphatic carboxylic acids is 1. The zero-order chi connectivity index (χ0) is 12.0. The van der Waals surface area contributed by atoms with Gasteiger partial charge >= 0.3 is 5.97 Å². The van der Waals surface area contributed by atoms with Crippen LogP contribution in [0.5, 0.6) is 5.75 Å². The summed E-state index contributed by atoms with van der Waals surface area (Å²) in [6.45, 7) is 4.45. The van der Waals surface area contributed by atoms with Crippen LogP contribution in [0.2, 0.25) is 0 Å². The summed E-state index contributed by atoms with van der Waals surface area (Å²) in [6, 6.07) is 9.52. The van der Waals surface area contributed by atoms with E-state index in [2.05, 4.69) is 0 Å². The van der Waals surface area contributed by atoms with Gasteiger partial charge in [0.15, 0.2) is 0 Å². The van der Waals surface area contributed by atoms with Gasteiger partial charge in [-0.15, -0.1) is 11.8 Å². The Bertz CT molecular complexity index is 335. The minimum absolute atomic E-state index is 0.102. The lowest BCUT2D eigenvalue weighted by Crippen LogP contribution is -2.26. The number of benzene rings is 1. The van der Waals surface area contributed by atoms with Crippen LogP contribution in [0.3, 0.4) is 0 Å². The molecule has 1 N–H and O–H groups in total. The molecular formula is C12H16O3S. The van der Waals surface area contributed by atoms with Crippen molar-refractivity contribution in [2.75, 3.05) is 12.4 Å². The van der Waals surface area contributed by atoms with Crippen LogP contribution in [0.1, 0.15) is 13.8 Å². The van der Waals surface area contributed by atoms with E-state index in [1.165, 1.54) is 11.8 Å². The van der Waals surface area contributed by atoms with Crippen molar-refractivity contribution in [1.29, 1.82) is 0 Å². The van der Waals surface area contributed by atoms with E-state index in [1.54, 1.807) is 0 Å². The largest absolute Gasteiger partial charge is 0.492 e. The van der Waals surface area contributed by atoms with Gasteiger partial charge in [0.05, 0.1) is 5.75 Å². The summed E-state index contributed by atoms with van der Waals surface area (Å²) in [4.78, 5) is 10.5. The fourth-order valence-corrected chi connectivity index (χ4v) is 1.73. The van der Waals surface area contributed by atoms with Crippen molar-refractivity contribution in [3.63, 3.8) is 0 Å². The van der Waals surface area contributed by atoms with Crippen LogP contribution in [0.15, 0.2) is 30.3 Å². The number of rotatable bonds is 6. The normalized spacial score (nSPS) is 11.1. The molecule has 0 heterocycles. The number of thioether (sulfide) groups is 1. The first-order valence-corrected chi connectivity index (χ1v) is 6.02. The molecule has 0 saturated heterocycles. The Morgan fingerprint density at radius 3 is 2.56 bits per heavy atom. The average molecular weight is 240 g/mol. The van der Waals surface area contributed by atoms with Crippen molar-refractivity contribution in [2.24, 2.45) is 0 Å². The Morgan fingerprint density at radius 1 is 1.38 bits per heavy atom. The molecule has 0 aliphatic rings. The molecule has 0 atom stereocenters. The van der Waals surface area contributed by atoms with Crippen LogP contribution in [0, 0.1) is 0 Å². The van der Waals surface area contributed by atoms with Crippen LogP contribution in [0.25, 0.3) is 0 Å². The second-order valence-corrected chi connectivity index (χ2v) is 5.73. The second kappa shape index (κ2) is 5.80. The van der Waals surface area contributed by atoms with E-state index in [9.17, 15) is 4.79 Å². The van der Waals surface area contributed by atoms with Gasteiger partial charge in [-0.3, -0.25) is 4.79 Å².